The molecule has 8 heavy (non-hydrogen) atoms. The highest BCUT2D eigenvalue weighted by atomic mass is 19.1. The second kappa shape index (κ2) is 4.50. The highest BCUT2D eigenvalue weighted by molar-refractivity contribution is 5.01. The minimum Gasteiger partial charge on any atom is -0.243 e. The zero-order valence-corrected chi connectivity index (χ0v) is 4.64. The molecule has 0 aromatic carbocycles. The molecule has 1 atom stereocenters. The molecule has 0 bridgehead atoms. The second-order valence-electron chi connectivity index (χ2n) is 1.38. The predicted molar refractivity (Wildman–Crippen MR) is 30.0 cm³/mol. The van der Waals surface area contributed by atoms with E-state index in [0.29, 0.717) is 6.33 Å². The molecule has 0 N–H and O–H groups in total. The zero-order chi connectivity index (χ0) is 6.41. The molecule has 0 heterocycles. The highest BCUT2D eigenvalue weighted by Gasteiger charge is 1.83. The second-order valence-corrected chi connectivity index (χ2v) is 1.38. The molecule has 0 aromatic rings. The SMILES string of the molecule is C[C@H](F)/C=C/C=C/F. The Morgan fingerprint density at radius 3 is 2.38 bits per heavy atom. The summed E-state index contributed by atoms with van der Waals surface area (Å²) in [6.45, 7) is 1.38. The van der Waals surface area contributed by atoms with Crippen molar-refractivity contribution in [2.75, 3.05) is 0 Å². The Bertz CT molecular complexity index is 92.7. The van der Waals surface area contributed by atoms with E-state index in [0.717, 1.165) is 6.08 Å². The van der Waals surface area contributed by atoms with Gasteiger partial charge in [-0.25, -0.2) is 8.78 Å². The van der Waals surface area contributed by atoms with Crippen LogP contribution in [-0.2, 0) is 0 Å². The minimum atomic E-state index is -0.994. The molecule has 46 valence electrons. The van der Waals surface area contributed by atoms with Crippen molar-refractivity contribution in [3.8, 4) is 0 Å². The van der Waals surface area contributed by atoms with E-state index in [4.69, 9.17) is 0 Å². The average molecular weight is 118 g/mol. The standard InChI is InChI=1S/C6H8F2/c1-6(8)4-2-3-5-7/h2-6H,1H3/b4-2+,5-3+/t6-/m0/s1. The van der Waals surface area contributed by atoms with E-state index in [1.54, 1.807) is 0 Å². The van der Waals surface area contributed by atoms with Crippen LogP contribution in [0.5, 0.6) is 0 Å². The van der Waals surface area contributed by atoms with Crippen LogP contribution >= 0.6 is 0 Å². The van der Waals surface area contributed by atoms with E-state index < -0.39 is 6.17 Å². The molecule has 0 fully saturated rings. The first-order valence-corrected chi connectivity index (χ1v) is 2.35. The third-order valence-electron chi connectivity index (χ3n) is 0.560. The maximum absolute atomic E-state index is 11.8. The first kappa shape index (κ1) is 7.34. The molecular weight excluding hydrogens is 110 g/mol. The summed E-state index contributed by atoms with van der Waals surface area (Å²) >= 11 is 0. The molecule has 0 aromatic heterocycles. The highest BCUT2D eigenvalue weighted by Crippen LogP contribution is 1.89. The molecule has 0 rings (SSSR count). The van der Waals surface area contributed by atoms with Crippen LogP contribution < -0.4 is 0 Å². The summed E-state index contributed by atoms with van der Waals surface area (Å²) in [5.74, 6) is 0. The zero-order valence-electron chi connectivity index (χ0n) is 4.64. The van der Waals surface area contributed by atoms with Gasteiger partial charge >= 0.3 is 0 Å². The van der Waals surface area contributed by atoms with E-state index in [1.165, 1.54) is 19.1 Å². The molecule has 0 saturated heterocycles. The molecule has 0 aliphatic heterocycles. The van der Waals surface area contributed by atoms with Crippen molar-refractivity contribution >= 4 is 0 Å². The average Bonchev–Trinajstić information content (AvgIpc) is 1.66. The lowest BCUT2D eigenvalue weighted by Crippen LogP contribution is -1.80. The van der Waals surface area contributed by atoms with E-state index >= 15 is 0 Å². The van der Waals surface area contributed by atoms with Crippen LogP contribution in [0.25, 0.3) is 0 Å². The lowest BCUT2D eigenvalue weighted by molar-refractivity contribution is 0.430. The Hall–Kier alpha value is -0.660. The molecule has 2 heteroatoms. The fourth-order valence-corrected chi connectivity index (χ4v) is 0.259. The van der Waals surface area contributed by atoms with Crippen LogP contribution in [0.4, 0.5) is 8.78 Å². The van der Waals surface area contributed by atoms with Crippen LogP contribution in [0.3, 0.4) is 0 Å². The molecule has 0 spiro atoms. The van der Waals surface area contributed by atoms with Gasteiger partial charge in [-0.15, -0.1) is 0 Å². The Kier molecular flexibility index (Phi) is 4.13. The minimum absolute atomic E-state index is 0.360. The van der Waals surface area contributed by atoms with Gasteiger partial charge in [-0.3, -0.25) is 0 Å². The van der Waals surface area contributed by atoms with E-state index in [9.17, 15) is 8.78 Å². The maximum atomic E-state index is 11.8. The van der Waals surface area contributed by atoms with Crippen molar-refractivity contribution < 1.29 is 8.78 Å². The van der Waals surface area contributed by atoms with Crippen molar-refractivity contribution in [3.05, 3.63) is 24.6 Å². The number of hydrogen-bond acceptors (Lipinski definition) is 0. The molecule has 0 unspecified atom stereocenters. The lowest BCUT2D eigenvalue weighted by Gasteiger charge is -1.83. The van der Waals surface area contributed by atoms with Crippen molar-refractivity contribution in [2.45, 2.75) is 13.1 Å². The fraction of sp³-hybridized carbons (Fsp3) is 0.333. The Labute approximate surface area is 47.5 Å². The Morgan fingerprint density at radius 1 is 1.38 bits per heavy atom. The van der Waals surface area contributed by atoms with Gasteiger partial charge in [0.2, 0.25) is 0 Å². The molecule has 0 aliphatic rings. The summed E-state index contributed by atoms with van der Waals surface area (Å²) in [5.41, 5.74) is 0. The van der Waals surface area contributed by atoms with Gasteiger partial charge in [0.05, 0.1) is 6.33 Å². The van der Waals surface area contributed by atoms with E-state index in [1.807, 2.05) is 0 Å². The van der Waals surface area contributed by atoms with Gasteiger partial charge in [0.25, 0.3) is 0 Å². The van der Waals surface area contributed by atoms with Crippen molar-refractivity contribution in [3.63, 3.8) is 0 Å². The first-order chi connectivity index (χ1) is 3.77. The van der Waals surface area contributed by atoms with Gasteiger partial charge < -0.3 is 0 Å². The van der Waals surface area contributed by atoms with Crippen molar-refractivity contribution in [2.24, 2.45) is 0 Å². The molecule has 0 saturated carbocycles. The van der Waals surface area contributed by atoms with Gasteiger partial charge in [0, 0.05) is 0 Å². The summed E-state index contributed by atoms with van der Waals surface area (Å²) in [6.07, 6.45) is 3.08. The van der Waals surface area contributed by atoms with Gasteiger partial charge in [0.15, 0.2) is 0 Å². The summed E-state index contributed by atoms with van der Waals surface area (Å²) in [5, 5.41) is 0. The summed E-state index contributed by atoms with van der Waals surface area (Å²) in [7, 11) is 0. The Morgan fingerprint density at radius 2 is 2.00 bits per heavy atom. The van der Waals surface area contributed by atoms with E-state index in [-0.39, 0.29) is 0 Å². The summed E-state index contributed by atoms with van der Waals surface area (Å²) < 4.78 is 22.9. The molecule has 0 amide bonds. The fourth-order valence-electron chi connectivity index (χ4n) is 0.259. The van der Waals surface area contributed by atoms with Gasteiger partial charge in [-0.05, 0) is 13.0 Å². The first-order valence-electron chi connectivity index (χ1n) is 2.35. The number of alkyl halides is 1. The molecule has 0 aliphatic carbocycles. The molecule has 0 radical (unpaired) electrons. The monoisotopic (exact) mass is 118 g/mol. The van der Waals surface area contributed by atoms with Crippen LogP contribution in [0.2, 0.25) is 0 Å². The topological polar surface area (TPSA) is 0 Å². The van der Waals surface area contributed by atoms with E-state index in [2.05, 4.69) is 0 Å². The van der Waals surface area contributed by atoms with Crippen LogP contribution in [0, 0.1) is 0 Å². The number of halogens is 2. The van der Waals surface area contributed by atoms with Crippen molar-refractivity contribution in [1.82, 2.24) is 0 Å². The summed E-state index contributed by atoms with van der Waals surface area (Å²) in [6, 6.07) is 0. The largest absolute Gasteiger partial charge is 0.243 e. The Balaban J connectivity index is 3.34. The van der Waals surface area contributed by atoms with Crippen LogP contribution in [-0.4, -0.2) is 6.17 Å². The smallest absolute Gasteiger partial charge is 0.116 e. The quantitative estimate of drug-likeness (QED) is 0.488. The number of rotatable bonds is 2. The maximum Gasteiger partial charge on any atom is 0.116 e. The van der Waals surface area contributed by atoms with Gasteiger partial charge in [-0.2, -0.15) is 0 Å². The number of allylic oxidation sites excluding steroid dienone is 3. The van der Waals surface area contributed by atoms with Crippen LogP contribution in [0.15, 0.2) is 24.6 Å². The third kappa shape index (κ3) is 5.34. The van der Waals surface area contributed by atoms with Crippen LogP contribution in [0.1, 0.15) is 6.92 Å². The lowest BCUT2D eigenvalue weighted by atomic mass is 10.4. The normalized spacial score (nSPS) is 15.9. The summed E-state index contributed by atoms with van der Waals surface area (Å²) in [4.78, 5) is 0. The van der Waals surface area contributed by atoms with Gasteiger partial charge in [-0.1, -0.05) is 12.2 Å². The third-order valence-corrected chi connectivity index (χ3v) is 0.560. The van der Waals surface area contributed by atoms with Crippen molar-refractivity contribution in [1.29, 1.82) is 0 Å². The molecule has 0 nitrogen and oxygen atoms in total. The molecular formula is C6H8F2. The van der Waals surface area contributed by atoms with Gasteiger partial charge in [0.1, 0.15) is 6.17 Å². The number of hydrogen-bond donors (Lipinski definition) is 0. The predicted octanol–water partition coefficient (Wildman–Crippen LogP) is 2.38.